The van der Waals surface area contributed by atoms with Crippen LogP contribution in [0.3, 0.4) is 0 Å². The van der Waals surface area contributed by atoms with E-state index >= 15 is 0 Å². The Hall–Kier alpha value is -0.890. The predicted octanol–water partition coefficient (Wildman–Crippen LogP) is 2.36. The van der Waals surface area contributed by atoms with Crippen LogP contribution in [-0.2, 0) is 6.42 Å². The molecule has 1 aromatic heterocycles. The Morgan fingerprint density at radius 1 is 1.50 bits per heavy atom. The molecule has 76 valence electrons. The van der Waals surface area contributed by atoms with E-state index in [2.05, 4.69) is 31.8 Å². The van der Waals surface area contributed by atoms with Gasteiger partial charge in [0.1, 0.15) is 0 Å². The summed E-state index contributed by atoms with van der Waals surface area (Å²) in [7, 11) is 0. The van der Waals surface area contributed by atoms with E-state index in [0.29, 0.717) is 5.41 Å². The van der Waals surface area contributed by atoms with Crippen LogP contribution in [0.1, 0.15) is 43.1 Å². The maximum Gasteiger partial charge on any atom is 0.0456 e. The van der Waals surface area contributed by atoms with Crippen LogP contribution in [0.5, 0.6) is 0 Å². The summed E-state index contributed by atoms with van der Waals surface area (Å²) in [5, 5.41) is 0. The van der Waals surface area contributed by atoms with Gasteiger partial charge in [-0.1, -0.05) is 19.9 Å². The molecule has 2 heteroatoms. The van der Waals surface area contributed by atoms with E-state index in [9.17, 15) is 0 Å². The second-order valence-electron chi connectivity index (χ2n) is 5.20. The van der Waals surface area contributed by atoms with Gasteiger partial charge in [0.15, 0.2) is 0 Å². The summed E-state index contributed by atoms with van der Waals surface area (Å²) in [6.45, 7) is 6.59. The molecule has 1 aliphatic carbocycles. The first kappa shape index (κ1) is 9.66. The van der Waals surface area contributed by atoms with Gasteiger partial charge in [-0.2, -0.15) is 0 Å². The molecule has 1 heterocycles. The zero-order chi connectivity index (χ0) is 10.3. The minimum Gasteiger partial charge on any atom is -0.324 e. The van der Waals surface area contributed by atoms with Crippen LogP contribution in [0, 0.1) is 12.3 Å². The van der Waals surface area contributed by atoms with Crippen LogP contribution >= 0.6 is 0 Å². The van der Waals surface area contributed by atoms with Crippen molar-refractivity contribution < 1.29 is 0 Å². The van der Waals surface area contributed by atoms with Gasteiger partial charge in [-0.05, 0) is 36.3 Å². The van der Waals surface area contributed by atoms with Crippen LogP contribution < -0.4 is 5.73 Å². The van der Waals surface area contributed by atoms with Gasteiger partial charge < -0.3 is 5.73 Å². The fourth-order valence-corrected chi connectivity index (χ4v) is 2.32. The highest BCUT2D eigenvalue weighted by atomic mass is 14.7. The Morgan fingerprint density at radius 3 is 2.93 bits per heavy atom. The van der Waals surface area contributed by atoms with Crippen LogP contribution in [-0.4, -0.2) is 4.98 Å². The summed E-state index contributed by atoms with van der Waals surface area (Å²) in [6.07, 6.45) is 4.05. The highest BCUT2D eigenvalue weighted by molar-refractivity contribution is 5.30. The molecule has 0 spiro atoms. The van der Waals surface area contributed by atoms with Crippen LogP contribution in [0.15, 0.2) is 12.3 Å². The van der Waals surface area contributed by atoms with Gasteiger partial charge in [0.25, 0.3) is 0 Å². The van der Waals surface area contributed by atoms with E-state index < -0.39 is 0 Å². The summed E-state index contributed by atoms with van der Waals surface area (Å²) in [5.41, 5.74) is 10.1. The molecule has 2 rings (SSSR count). The normalized spacial score (nSPS) is 24.4. The third-order valence-corrected chi connectivity index (χ3v) is 2.96. The largest absolute Gasteiger partial charge is 0.324 e. The van der Waals surface area contributed by atoms with Crippen molar-refractivity contribution in [1.82, 2.24) is 4.98 Å². The molecule has 1 atom stereocenters. The SMILES string of the molecule is Cc1cnc2c(c1)[C@H](N)CC(C)(C)C2. The van der Waals surface area contributed by atoms with Crippen molar-refractivity contribution in [3.8, 4) is 0 Å². The van der Waals surface area contributed by atoms with Crippen molar-refractivity contribution in [1.29, 1.82) is 0 Å². The number of aryl methyl sites for hydroxylation is 1. The molecule has 2 N–H and O–H groups in total. The number of pyridine rings is 1. The van der Waals surface area contributed by atoms with E-state index in [1.54, 1.807) is 0 Å². The molecule has 0 unspecified atom stereocenters. The summed E-state index contributed by atoms with van der Waals surface area (Å²) < 4.78 is 0. The second-order valence-corrected chi connectivity index (χ2v) is 5.20. The molecule has 0 saturated heterocycles. The number of fused-ring (bicyclic) bond motifs is 1. The molecule has 0 aliphatic heterocycles. The number of nitrogens with zero attached hydrogens (tertiary/aromatic N) is 1. The van der Waals surface area contributed by atoms with Crippen LogP contribution in [0.25, 0.3) is 0 Å². The van der Waals surface area contributed by atoms with E-state index in [4.69, 9.17) is 5.73 Å². The summed E-state index contributed by atoms with van der Waals surface area (Å²) in [5.74, 6) is 0. The first-order valence-corrected chi connectivity index (χ1v) is 5.19. The molecular formula is C12H18N2. The van der Waals surface area contributed by atoms with E-state index in [1.807, 2.05) is 6.20 Å². The van der Waals surface area contributed by atoms with Gasteiger partial charge in [0.05, 0.1) is 0 Å². The average Bonchev–Trinajstić information content (AvgIpc) is 2.05. The zero-order valence-electron chi connectivity index (χ0n) is 9.17. The first-order valence-electron chi connectivity index (χ1n) is 5.19. The molecule has 1 aliphatic rings. The predicted molar refractivity (Wildman–Crippen MR) is 58.0 cm³/mol. The minimum atomic E-state index is 0.168. The summed E-state index contributed by atoms with van der Waals surface area (Å²) in [4.78, 5) is 4.48. The minimum absolute atomic E-state index is 0.168. The second kappa shape index (κ2) is 3.06. The van der Waals surface area contributed by atoms with Gasteiger partial charge >= 0.3 is 0 Å². The lowest BCUT2D eigenvalue weighted by Gasteiger charge is -2.34. The van der Waals surface area contributed by atoms with Crippen molar-refractivity contribution in [2.45, 2.75) is 39.7 Å². The topological polar surface area (TPSA) is 38.9 Å². The van der Waals surface area contributed by atoms with Gasteiger partial charge in [-0.15, -0.1) is 0 Å². The van der Waals surface area contributed by atoms with Gasteiger partial charge in [0, 0.05) is 17.9 Å². The number of hydrogen-bond donors (Lipinski definition) is 1. The van der Waals surface area contributed by atoms with Crippen LogP contribution in [0.2, 0.25) is 0 Å². The van der Waals surface area contributed by atoms with Crippen molar-refractivity contribution in [2.75, 3.05) is 0 Å². The molecule has 1 aromatic rings. The third kappa shape index (κ3) is 1.67. The quantitative estimate of drug-likeness (QED) is 0.682. The maximum absolute atomic E-state index is 6.15. The standard InChI is InChI=1S/C12H18N2/c1-8-4-9-10(13)5-12(2,3)6-11(9)14-7-8/h4,7,10H,5-6,13H2,1-3H3/t10-/m1/s1. The molecule has 0 aromatic carbocycles. The van der Waals surface area contributed by atoms with Crippen molar-refractivity contribution in [2.24, 2.45) is 11.1 Å². The Bertz CT molecular complexity index is 355. The lowest BCUT2D eigenvalue weighted by molar-refractivity contribution is 0.278. The molecule has 0 saturated carbocycles. The lowest BCUT2D eigenvalue weighted by atomic mass is 9.74. The van der Waals surface area contributed by atoms with Crippen molar-refractivity contribution in [3.05, 3.63) is 29.1 Å². The fourth-order valence-electron chi connectivity index (χ4n) is 2.32. The van der Waals surface area contributed by atoms with Gasteiger partial charge in [-0.3, -0.25) is 4.98 Å². The monoisotopic (exact) mass is 190 g/mol. The Labute approximate surface area is 85.5 Å². The molecule has 0 bridgehead atoms. The Balaban J connectivity index is 2.45. The molecule has 0 radical (unpaired) electrons. The van der Waals surface area contributed by atoms with Crippen molar-refractivity contribution >= 4 is 0 Å². The molecular weight excluding hydrogens is 172 g/mol. The highest BCUT2D eigenvalue weighted by Gasteiger charge is 2.30. The summed E-state index contributed by atoms with van der Waals surface area (Å²) in [6, 6.07) is 2.35. The van der Waals surface area contributed by atoms with E-state index in [-0.39, 0.29) is 6.04 Å². The first-order chi connectivity index (χ1) is 6.48. The number of hydrogen-bond acceptors (Lipinski definition) is 2. The third-order valence-electron chi connectivity index (χ3n) is 2.96. The van der Waals surface area contributed by atoms with E-state index in [1.165, 1.54) is 16.8 Å². The summed E-state index contributed by atoms with van der Waals surface area (Å²) >= 11 is 0. The Kier molecular flexibility index (Phi) is 2.11. The number of nitrogens with two attached hydrogens (primary N) is 1. The number of rotatable bonds is 0. The van der Waals surface area contributed by atoms with E-state index in [0.717, 1.165) is 12.8 Å². The smallest absolute Gasteiger partial charge is 0.0456 e. The van der Waals surface area contributed by atoms with Crippen molar-refractivity contribution in [3.63, 3.8) is 0 Å². The maximum atomic E-state index is 6.15. The molecule has 2 nitrogen and oxygen atoms in total. The highest BCUT2D eigenvalue weighted by Crippen LogP contribution is 2.38. The van der Waals surface area contributed by atoms with Gasteiger partial charge in [-0.25, -0.2) is 0 Å². The Morgan fingerprint density at radius 2 is 2.21 bits per heavy atom. The lowest BCUT2D eigenvalue weighted by Crippen LogP contribution is -2.30. The fraction of sp³-hybridized carbons (Fsp3) is 0.583. The zero-order valence-corrected chi connectivity index (χ0v) is 9.17. The van der Waals surface area contributed by atoms with Crippen LogP contribution in [0.4, 0.5) is 0 Å². The molecule has 0 amide bonds. The average molecular weight is 190 g/mol. The molecule has 0 fully saturated rings. The number of aromatic nitrogens is 1. The van der Waals surface area contributed by atoms with Gasteiger partial charge in [0.2, 0.25) is 0 Å². The molecule has 14 heavy (non-hydrogen) atoms.